The number of carbonyl (C=O) groups excluding carboxylic acids is 2. The number of pyridine rings is 3. The molecular weight excluding hydrogens is 604 g/mol. The van der Waals surface area contributed by atoms with Crippen molar-refractivity contribution in [3.8, 4) is 11.4 Å². The van der Waals surface area contributed by atoms with Crippen LogP contribution in [-0.4, -0.2) is 39.0 Å². The van der Waals surface area contributed by atoms with E-state index in [0.29, 0.717) is 58.6 Å². The zero-order valence-electron chi connectivity index (χ0n) is 24.1. The Morgan fingerprint density at radius 3 is 2.89 bits per heavy atom. The number of halogens is 1. The first-order chi connectivity index (χ1) is 21.4. The first-order valence-corrected chi connectivity index (χ1v) is 16.9. The van der Waals surface area contributed by atoms with Crippen molar-refractivity contribution >= 4 is 44.6 Å². The van der Waals surface area contributed by atoms with E-state index in [0.717, 1.165) is 27.1 Å². The van der Waals surface area contributed by atoms with Crippen LogP contribution in [0.25, 0.3) is 22.3 Å². The van der Waals surface area contributed by atoms with Gasteiger partial charge < -0.3 is 19.4 Å². The van der Waals surface area contributed by atoms with Crippen molar-refractivity contribution in [2.24, 2.45) is 0 Å². The van der Waals surface area contributed by atoms with Crippen LogP contribution in [0.5, 0.6) is 0 Å². The molecule has 4 aromatic rings. The zero-order valence-corrected chi connectivity index (χ0v) is 25.8. The molecule has 0 saturated heterocycles. The van der Waals surface area contributed by atoms with Gasteiger partial charge in [-0.05, 0) is 77.4 Å². The molecule has 0 saturated carbocycles. The second kappa shape index (κ2) is 11.6. The van der Waals surface area contributed by atoms with Crippen LogP contribution in [0.1, 0.15) is 65.1 Å². The molecule has 0 spiro atoms. The number of ether oxygens (including phenoxy) is 2. The summed E-state index contributed by atoms with van der Waals surface area (Å²) in [5, 5.41) is 4.75. The molecule has 2 aliphatic heterocycles. The number of nitrogens with one attached hydrogen (secondary N) is 1. The van der Waals surface area contributed by atoms with Gasteiger partial charge in [0, 0.05) is 29.0 Å². The minimum absolute atomic E-state index is 0.0639. The van der Waals surface area contributed by atoms with E-state index in [4.69, 9.17) is 14.5 Å². The van der Waals surface area contributed by atoms with E-state index in [1.807, 2.05) is 31.2 Å². The summed E-state index contributed by atoms with van der Waals surface area (Å²) < 4.78 is 27.6. The van der Waals surface area contributed by atoms with Crippen LogP contribution >= 0.6 is 21.6 Å². The van der Waals surface area contributed by atoms with Gasteiger partial charge in [-0.2, -0.15) is 0 Å². The smallest absolute Gasteiger partial charge is 0.407 e. The molecule has 0 radical (unpaired) electrons. The van der Waals surface area contributed by atoms with E-state index in [1.165, 1.54) is 16.9 Å². The molecule has 0 bridgehead atoms. The number of cyclic esters (lactones) is 1. The van der Waals surface area contributed by atoms with Gasteiger partial charge >= 0.3 is 12.1 Å². The number of carbonyl (C=O) groups is 2. The fourth-order valence-electron chi connectivity index (χ4n) is 6.57. The van der Waals surface area contributed by atoms with E-state index < -0.39 is 18.1 Å². The zero-order chi connectivity index (χ0) is 30.5. The molecule has 1 N–H and O–H groups in total. The predicted molar refractivity (Wildman–Crippen MR) is 166 cm³/mol. The second-order valence-corrected chi connectivity index (χ2v) is 13.5. The number of fused-ring (bicyclic) bond motifs is 5. The lowest BCUT2D eigenvalue weighted by Gasteiger charge is -2.29. The highest BCUT2D eigenvalue weighted by Crippen LogP contribution is 2.45. The summed E-state index contributed by atoms with van der Waals surface area (Å²) in [5.41, 5.74) is 5.64. The largest absolute Gasteiger partial charge is 0.460 e. The highest BCUT2D eigenvalue weighted by molar-refractivity contribution is 8.76. The fraction of sp³-hybridized carbons (Fsp3) is 0.344. The molecule has 9 nitrogen and oxygen atoms in total. The number of hydrogen-bond acceptors (Lipinski definition) is 9. The van der Waals surface area contributed by atoms with Crippen molar-refractivity contribution in [1.29, 1.82) is 0 Å². The first kappa shape index (κ1) is 28.8. The molecule has 12 heteroatoms. The van der Waals surface area contributed by atoms with Crippen molar-refractivity contribution in [2.45, 2.75) is 63.2 Å². The van der Waals surface area contributed by atoms with E-state index in [1.54, 1.807) is 28.5 Å². The maximum Gasteiger partial charge on any atom is 0.407 e. The molecule has 226 valence electrons. The van der Waals surface area contributed by atoms with Crippen LogP contribution in [0.3, 0.4) is 0 Å². The molecular formula is C32H29FN4O5S2. The fourth-order valence-corrected chi connectivity index (χ4v) is 8.28. The lowest BCUT2D eigenvalue weighted by Crippen LogP contribution is -2.33. The average Bonchev–Trinajstić information content (AvgIpc) is 3.39. The number of esters is 1. The topological polar surface area (TPSA) is 112 Å². The number of hydrogen-bond donors (Lipinski definition) is 1. The Bertz CT molecular complexity index is 1900. The lowest BCUT2D eigenvalue weighted by molar-refractivity contribution is -0.148. The van der Waals surface area contributed by atoms with Crippen molar-refractivity contribution in [3.05, 3.63) is 86.1 Å². The third-order valence-corrected chi connectivity index (χ3v) is 10.9. The van der Waals surface area contributed by atoms with Gasteiger partial charge in [0.05, 0.1) is 41.0 Å². The minimum Gasteiger partial charge on any atom is -0.460 e. The van der Waals surface area contributed by atoms with Crippen LogP contribution in [0, 0.1) is 12.7 Å². The summed E-state index contributed by atoms with van der Waals surface area (Å²) in [4.78, 5) is 48.4. The quantitative estimate of drug-likeness (QED) is 0.132. The average molecular weight is 633 g/mol. The number of rotatable bonds is 7. The molecule has 0 fully saturated rings. The third-order valence-electron chi connectivity index (χ3n) is 8.67. The monoisotopic (exact) mass is 632 g/mol. The van der Waals surface area contributed by atoms with Gasteiger partial charge in [-0.15, -0.1) is 0 Å². The number of amides is 1. The van der Waals surface area contributed by atoms with Crippen molar-refractivity contribution < 1.29 is 23.5 Å². The summed E-state index contributed by atoms with van der Waals surface area (Å²) in [6, 6.07) is 8.59. The van der Waals surface area contributed by atoms with Crippen molar-refractivity contribution in [3.63, 3.8) is 0 Å². The number of aryl methyl sites for hydroxylation is 1. The van der Waals surface area contributed by atoms with Gasteiger partial charge in [-0.3, -0.25) is 9.59 Å². The highest BCUT2D eigenvalue weighted by atomic mass is 33.1. The Morgan fingerprint density at radius 1 is 1.23 bits per heavy atom. The molecule has 1 amide bonds. The van der Waals surface area contributed by atoms with E-state index in [2.05, 4.69) is 10.3 Å². The van der Waals surface area contributed by atoms with Gasteiger partial charge in [0.2, 0.25) is 0 Å². The maximum absolute atomic E-state index is 15.1. The van der Waals surface area contributed by atoms with Gasteiger partial charge in [0.15, 0.2) is 0 Å². The van der Waals surface area contributed by atoms with Crippen molar-refractivity contribution in [2.75, 3.05) is 12.4 Å². The Hall–Kier alpha value is -3.90. The van der Waals surface area contributed by atoms with Crippen LogP contribution in [0.15, 0.2) is 46.3 Å². The molecule has 2 atom stereocenters. The van der Waals surface area contributed by atoms with Gasteiger partial charge in [-0.1, -0.05) is 23.8 Å². The van der Waals surface area contributed by atoms with Crippen LogP contribution in [0.4, 0.5) is 9.18 Å². The maximum atomic E-state index is 15.1. The SMILES string of the molecule is CC[C@H]1C(=O)OCc2c1cc1n(c2=O)Cc2c-1nc1cc(F)c(C)c3c1c2[C@@H](NC(=O)OCCSSc1ccccn1)CC3. The Morgan fingerprint density at radius 2 is 2.09 bits per heavy atom. The predicted octanol–water partition coefficient (Wildman–Crippen LogP) is 5.97. The van der Waals surface area contributed by atoms with Crippen LogP contribution in [-0.2, 0) is 33.8 Å². The van der Waals surface area contributed by atoms with E-state index in [-0.39, 0.29) is 37.1 Å². The summed E-state index contributed by atoms with van der Waals surface area (Å²) in [7, 11) is 3.07. The summed E-state index contributed by atoms with van der Waals surface area (Å²) in [5.74, 6) is -0.629. The lowest BCUT2D eigenvalue weighted by atomic mass is 9.81. The third kappa shape index (κ3) is 4.84. The molecule has 44 heavy (non-hydrogen) atoms. The summed E-state index contributed by atoms with van der Waals surface area (Å²) >= 11 is 0. The highest BCUT2D eigenvalue weighted by Gasteiger charge is 2.37. The number of aromatic nitrogens is 3. The summed E-state index contributed by atoms with van der Waals surface area (Å²) in [6.45, 7) is 4.06. The Balaban J connectivity index is 1.22. The van der Waals surface area contributed by atoms with Gasteiger partial charge in [0.25, 0.3) is 5.56 Å². The first-order valence-electron chi connectivity index (χ1n) is 14.6. The molecule has 3 aliphatic rings. The molecule has 0 unspecified atom stereocenters. The Kier molecular flexibility index (Phi) is 7.57. The van der Waals surface area contributed by atoms with E-state index >= 15 is 4.39 Å². The minimum atomic E-state index is -0.538. The normalized spacial score (nSPS) is 17.9. The van der Waals surface area contributed by atoms with Gasteiger partial charge in [-0.25, -0.2) is 19.2 Å². The molecule has 5 heterocycles. The Labute approximate surface area is 260 Å². The summed E-state index contributed by atoms with van der Waals surface area (Å²) in [6.07, 6.45) is 2.81. The molecule has 1 aromatic carbocycles. The molecule has 7 rings (SSSR count). The van der Waals surface area contributed by atoms with Crippen LogP contribution < -0.4 is 10.9 Å². The standard InChI is InChI=1S/C32H29FN4O5S2/c1-3-17-19-12-25-29-20(14-37(25)30(38)21(19)15-42-31(17)39)28-23(8-7-18-16(2)22(33)13-24(35-29)27(18)28)36-32(40)41-10-11-43-44-26-6-4-5-9-34-26/h4-6,9,12-13,17,23H,3,7-8,10-11,14-15H2,1-2H3,(H,36,40)/t17-,23+/m1/s1. The molecule has 3 aromatic heterocycles. The molecule has 1 aliphatic carbocycles. The number of nitrogens with zero attached hydrogens (tertiary/aromatic N) is 3. The van der Waals surface area contributed by atoms with Crippen molar-refractivity contribution in [1.82, 2.24) is 19.9 Å². The van der Waals surface area contributed by atoms with Crippen LogP contribution in [0.2, 0.25) is 0 Å². The second-order valence-electron chi connectivity index (χ2n) is 11.1. The van der Waals surface area contributed by atoms with E-state index in [9.17, 15) is 14.4 Å². The van der Waals surface area contributed by atoms with Gasteiger partial charge in [0.1, 0.15) is 24.1 Å². The number of alkyl carbamates (subject to hydrolysis) is 1. The number of benzene rings is 1.